The molecule has 0 radical (unpaired) electrons. The number of aliphatic hydroxyl groups is 1. The van der Waals surface area contributed by atoms with Gasteiger partial charge in [0.2, 0.25) is 0 Å². The average Bonchev–Trinajstić information content (AvgIpc) is 2.42. The van der Waals surface area contributed by atoms with Crippen LogP contribution in [-0.4, -0.2) is 41.6 Å². The van der Waals surface area contributed by atoms with Gasteiger partial charge in [0.05, 0.1) is 6.07 Å². The number of nitrogens with zero attached hydrogens (tertiary/aromatic N) is 2. The molecule has 0 aromatic heterocycles. The molecular weight excluding hydrogens is 200 g/mol. The summed E-state index contributed by atoms with van der Waals surface area (Å²) < 4.78 is 0. The van der Waals surface area contributed by atoms with Crippen molar-refractivity contribution in [2.75, 3.05) is 26.2 Å². The number of aliphatic hydroxyl groups excluding tert-OH is 1. The second kappa shape index (κ2) is 6.23. The topological polar surface area (TPSA) is 47.3 Å². The van der Waals surface area contributed by atoms with E-state index in [1.165, 1.54) is 6.42 Å². The first kappa shape index (κ1) is 11.8. The van der Waals surface area contributed by atoms with E-state index >= 15 is 0 Å². The van der Waals surface area contributed by atoms with Crippen LogP contribution in [0.25, 0.3) is 0 Å². The summed E-state index contributed by atoms with van der Waals surface area (Å²) in [5.41, 5.74) is 0. The smallest absolute Gasteiger partial charge is 0.133 e. The second-order valence-corrected chi connectivity index (χ2v) is 4.43. The fourth-order valence-corrected chi connectivity index (χ4v) is 2.09. The van der Waals surface area contributed by atoms with E-state index in [9.17, 15) is 0 Å². The van der Waals surface area contributed by atoms with E-state index in [4.69, 9.17) is 22.0 Å². The minimum atomic E-state index is -0.424. The summed E-state index contributed by atoms with van der Waals surface area (Å²) >= 11 is 5.78. The molecule has 0 aromatic carbocycles. The molecule has 0 spiro atoms. The standard InChI is InChI=1S/C10H17ClN2O/c11-10(5-12)7-13-4-2-1-3-9(6-13)8-14/h9-10,14H,1-4,6-8H2. The molecule has 0 aromatic rings. The van der Waals surface area contributed by atoms with E-state index in [1.54, 1.807) is 0 Å². The number of hydrogen-bond acceptors (Lipinski definition) is 3. The lowest BCUT2D eigenvalue weighted by atomic mass is 10.1. The van der Waals surface area contributed by atoms with Crippen LogP contribution in [-0.2, 0) is 0 Å². The molecule has 1 fully saturated rings. The number of hydrogen-bond donors (Lipinski definition) is 1. The van der Waals surface area contributed by atoms with Crippen LogP contribution in [0, 0.1) is 17.2 Å². The van der Waals surface area contributed by atoms with E-state index in [-0.39, 0.29) is 6.61 Å². The Morgan fingerprint density at radius 1 is 1.57 bits per heavy atom. The number of rotatable bonds is 3. The number of alkyl halides is 1. The Hall–Kier alpha value is -0.300. The average molecular weight is 217 g/mol. The maximum atomic E-state index is 9.10. The summed E-state index contributed by atoms with van der Waals surface area (Å²) in [6.45, 7) is 2.74. The first-order valence-corrected chi connectivity index (χ1v) is 5.56. The SMILES string of the molecule is N#CC(Cl)CN1CCCCC(CO)C1. The molecule has 0 amide bonds. The zero-order valence-corrected chi connectivity index (χ0v) is 9.08. The van der Waals surface area contributed by atoms with Crippen molar-refractivity contribution in [2.24, 2.45) is 5.92 Å². The molecule has 1 heterocycles. The lowest BCUT2D eigenvalue weighted by molar-refractivity contribution is 0.175. The van der Waals surface area contributed by atoms with Gasteiger partial charge in [-0.2, -0.15) is 5.26 Å². The predicted octanol–water partition coefficient (Wildman–Crippen LogP) is 1.21. The number of halogens is 1. The van der Waals surface area contributed by atoms with Crippen LogP contribution in [0.15, 0.2) is 0 Å². The van der Waals surface area contributed by atoms with Crippen molar-refractivity contribution in [3.05, 3.63) is 0 Å². The van der Waals surface area contributed by atoms with Gasteiger partial charge in [0.1, 0.15) is 5.38 Å². The second-order valence-electron chi connectivity index (χ2n) is 3.90. The van der Waals surface area contributed by atoms with Gasteiger partial charge >= 0.3 is 0 Å². The van der Waals surface area contributed by atoms with Crippen LogP contribution < -0.4 is 0 Å². The highest BCUT2D eigenvalue weighted by atomic mass is 35.5. The van der Waals surface area contributed by atoms with Crippen LogP contribution in [0.3, 0.4) is 0 Å². The molecular formula is C10H17ClN2O. The van der Waals surface area contributed by atoms with Gasteiger partial charge in [-0.25, -0.2) is 0 Å². The molecule has 3 nitrogen and oxygen atoms in total. The first-order valence-electron chi connectivity index (χ1n) is 5.13. The highest BCUT2D eigenvalue weighted by Crippen LogP contribution is 2.16. The summed E-state index contributed by atoms with van der Waals surface area (Å²) in [5.74, 6) is 0.361. The van der Waals surface area contributed by atoms with Gasteiger partial charge in [-0.15, -0.1) is 11.6 Å². The maximum absolute atomic E-state index is 9.10. The lowest BCUT2D eigenvalue weighted by Gasteiger charge is -2.23. The van der Waals surface area contributed by atoms with Crippen molar-refractivity contribution in [1.82, 2.24) is 4.90 Å². The fraction of sp³-hybridized carbons (Fsp3) is 0.900. The molecule has 1 rings (SSSR count). The van der Waals surface area contributed by atoms with Crippen molar-refractivity contribution in [2.45, 2.75) is 24.6 Å². The summed E-state index contributed by atoms with van der Waals surface area (Å²) in [6.07, 6.45) is 3.40. The van der Waals surface area contributed by atoms with E-state index in [0.29, 0.717) is 12.5 Å². The van der Waals surface area contributed by atoms with Gasteiger partial charge in [-0.05, 0) is 25.3 Å². The maximum Gasteiger partial charge on any atom is 0.133 e. The Morgan fingerprint density at radius 3 is 3.00 bits per heavy atom. The molecule has 2 atom stereocenters. The molecule has 1 aliphatic heterocycles. The van der Waals surface area contributed by atoms with Gasteiger partial charge in [0.25, 0.3) is 0 Å². The Balaban J connectivity index is 2.39. The van der Waals surface area contributed by atoms with Crippen LogP contribution in [0.4, 0.5) is 0 Å². The number of nitriles is 1. The van der Waals surface area contributed by atoms with Crippen molar-refractivity contribution in [3.63, 3.8) is 0 Å². The van der Waals surface area contributed by atoms with Crippen LogP contribution in [0.5, 0.6) is 0 Å². The van der Waals surface area contributed by atoms with Gasteiger partial charge < -0.3 is 10.0 Å². The first-order chi connectivity index (χ1) is 6.76. The lowest BCUT2D eigenvalue weighted by Crippen LogP contribution is -2.34. The molecule has 14 heavy (non-hydrogen) atoms. The molecule has 0 aliphatic carbocycles. The number of likely N-dealkylation sites (tertiary alicyclic amines) is 1. The highest BCUT2D eigenvalue weighted by Gasteiger charge is 2.19. The molecule has 0 bridgehead atoms. The van der Waals surface area contributed by atoms with Crippen molar-refractivity contribution in [1.29, 1.82) is 5.26 Å². The van der Waals surface area contributed by atoms with Crippen molar-refractivity contribution in [3.8, 4) is 6.07 Å². The van der Waals surface area contributed by atoms with E-state index in [2.05, 4.69) is 4.90 Å². The summed E-state index contributed by atoms with van der Waals surface area (Å²) in [7, 11) is 0. The fourth-order valence-electron chi connectivity index (χ4n) is 1.90. The van der Waals surface area contributed by atoms with Gasteiger partial charge in [-0.1, -0.05) is 6.42 Å². The monoisotopic (exact) mass is 216 g/mol. The van der Waals surface area contributed by atoms with Crippen molar-refractivity contribution < 1.29 is 5.11 Å². The third-order valence-corrected chi connectivity index (χ3v) is 2.91. The van der Waals surface area contributed by atoms with Crippen molar-refractivity contribution >= 4 is 11.6 Å². The molecule has 1 saturated heterocycles. The highest BCUT2D eigenvalue weighted by molar-refractivity contribution is 6.22. The minimum Gasteiger partial charge on any atom is -0.396 e. The largest absolute Gasteiger partial charge is 0.396 e. The zero-order chi connectivity index (χ0) is 10.4. The zero-order valence-electron chi connectivity index (χ0n) is 8.32. The van der Waals surface area contributed by atoms with Crippen LogP contribution in [0.1, 0.15) is 19.3 Å². The van der Waals surface area contributed by atoms with E-state index in [1.807, 2.05) is 6.07 Å². The molecule has 2 unspecified atom stereocenters. The van der Waals surface area contributed by atoms with Crippen LogP contribution >= 0.6 is 11.6 Å². The molecule has 0 saturated carbocycles. The van der Waals surface area contributed by atoms with Gasteiger partial charge in [-0.3, -0.25) is 0 Å². The quantitative estimate of drug-likeness (QED) is 0.722. The third kappa shape index (κ3) is 3.83. The van der Waals surface area contributed by atoms with Crippen LogP contribution in [0.2, 0.25) is 0 Å². The predicted molar refractivity (Wildman–Crippen MR) is 56.1 cm³/mol. The van der Waals surface area contributed by atoms with E-state index in [0.717, 1.165) is 25.9 Å². The Bertz CT molecular complexity index is 205. The summed E-state index contributed by atoms with van der Waals surface area (Å²) in [5, 5.41) is 17.3. The molecule has 80 valence electrons. The normalized spacial score (nSPS) is 26.5. The Labute approximate surface area is 90.3 Å². The molecule has 1 N–H and O–H groups in total. The third-order valence-electron chi connectivity index (χ3n) is 2.67. The minimum absolute atomic E-state index is 0.246. The Morgan fingerprint density at radius 2 is 2.36 bits per heavy atom. The Kier molecular flexibility index (Phi) is 5.24. The van der Waals surface area contributed by atoms with E-state index < -0.39 is 5.38 Å². The summed E-state index contributed by atoms with van der Waals surface area (Å²) in [6, 6.07) is 2.03. The molecule has 4 heteroatoms. The van der Waals surface area contributed by atoms with Gasteiger partial charge in [0.15, 0.2) is 0 Å². The molecule has 1 aliphatic rings. The van der Waals surface area contributed by atoms with Gasteiger partial charge in [0, 0.05) is 19.7 Å². The summed E-state index contributed by atoms with van der Waals surface area (Å²) in [4.78, 5) is 2.19.